The van der Waals surface area contributed by atoms with E-state index in [9.17, 15) is 9.59 Å². The number of hydrogen-bond donors (Lipinski definition) is 1. The van der Waals surface area contributed by atoms with Crippen molar-refractivity contribution in [2.75, 3.05) is 10.2 Å². The van der Waals surface area contributed by atoms with E-state index >= 15 is 0 Å². The van der Waals surface area contributed by atoms with Gasteiger partial charge in [0.1, 0.15) is 11.9 Å². The van der Waals surface area contributed by atoms with Gasteiger partial charge in [-0.2, -0.15) is 0 Å². The van der Waals surface area contributed by atoms with Gasteiger partial charge < -0.3 is 5.32 Å². The molecule has 1 saturated carbocycles. The Morgan fingerprint density at radius 3 is 2.81 bits per heavy atom. The third-order valence-corrected chi connectivity index (χ3v) is 5.71. The number of pyridine rings is 1. The fourth-order valence-electron chi connectivity index (χ4n) is 4.19. The van der Waals surface area contributed by atoms with Crippen molar-refractivity contribution < 1.29 is 9.59 Å². The molecule has 1 atom stereocenters. The molecule has 4 rings (SSSR count). The van der Waals surface area contributed by atoms with Crippen LogP contribution in [0.25, 0.3) is 0 Å². The molecule has 1 aliphatic carbocycles. The molecule has 0 bridgehead atoms. The second-order valence-electron chi connectivity index (χ2n) is 7.32. The van der Waals surface area contributed by atoms with E-state index in [1.165, 1.54) is 12.8 Å². The number of halogens is 1. The van der Waals surface area contributed by atoms with E-state index in [1.54, 1.807) is 29.3 Å². The molecule has 140 valence electrons. The smallest absolute Gasteiger partial charge is 0.248 e. The third kappa shape index (κ3) is 3.83. The Labute approximate surface area is 163 Å². The van der Waals surface area contributed by atoms with Crippen molar-refractivity contribution in [2.24, 2.45) is 5.92 Å². The summed E-state index contributed by atoms with van der Waals surface area (Å²) < 4.78 is 0. The molecule has 1 aliphatic heterocycles. The lowest BCUT2D eigenvalue weighted by Gasteiger charge is -2.29. The predicted molar refractivity (Wildman–Crippen MR) is 106 cm³/mol. The molecular weight excluding hydrogens is 362 g/mol. The van der Waals surface area contributed by atoms with E-state index in [0.717, 1.165) is 24.1 Å². The van der Waals surface area contributed by atoms with Crippen LogP contribution in [-0.4, -0.2) is 22.8 Å². The predicted octanol–water partition coefficient (Wildman–Crippen LogP) is 4.21. The first-order valence-electron chi connectivity index (χ1n) is 9.44. The van der Waals surface area contributed by atoms with Gasteiger partial charge in [0, 0.05) is 16.9 Å². The van der Waals surface area contributed by atoms with Gasteiger partial charge in [-0.05, 0) is 48.2 Å². The summed E-state index contributed by atoms with van der Waals surface area (Å²) in [6.07, 6.45) is 7.21. The van der Waals surface area contributed by atoms with Gasteiger partial charge in [-0.15, -0.1) is 0 Å². The summed E-state index contributed by atoms with van der Waals surface area (Å²) in [5, 5.41) is 3.49. The van der Waals surface area contributed by atoms with Crippen molar-refractivity contribution in [3.8, 4) is 0 Å². The Hall–Kier alpha value is -2.40. The van der Waals surface area contributed by atoms with E-state index < -0.39 is 6.04 Å². The number of benzene rings is 1. The summed E-state index contributed by atoms with van der Waals surface area (Å²) in [7, 11) is 0. The van der Waals surface area contributed by atoms with Crippen molar-refractivity contribution in [1.82, 2.24) is 4.98 Å². The lowest BCUT2D eigenvalue weighted by Crippen LogP contribution is -2.47. The van der Waals surface area contributed by atoms with E-state index in [2.05, 4.69) is 10.3 Å². The van der Waals surface area contributed by atoms with Gasteiger partial charge in [-0.1, -0.05) is 43.4 Å². The highest BCUT2D eigenvalue weighted by Gasteiger charge is 2.38. The topological polar surface area (TPSA) is 62.3 Å². The maximum absolute atomic E-state index is 13.1. The van der Waals surface area contributed by atoms with E-state index in [-0.39, 0.29) is 18.2 Å². The summed E-state index contributed by atoms with van der Waals surface area (Å²) in [6.45, 7) is 0. The molecule has 5 nitrogen and oxygen atoms in total. The van der Waals surface area contributed by atoms with Gasteiger partial charge in [-0.25, -0.2) is 4.98 Å². The van der Waals surface area contributed by atoms with Crippen LogP contribution in [-0.2, 0) is 16.0 Å². The first kappa shape index (κ1) is 18.0. The zero-order valence-electron chi connectivity index (χ0n) is 15.0. The monoisotopic (exact) mass is 383 g/mol. The molecule has 6 heteroatoms. The second-order valence-corrected chi connectivity index (χ2v) is 7.76. The summed E-state index contributed by atoms with van der Waals surface area (Å²) >= 11 is 6.09. The number of nitrogens with one attached hydrogen (secondary N) is 1. The standard InChI is InChI=1S/C21H22ClN3O2/c22-16-8-9-17-15(12-16)13-20(26)25(17)18(11-14-5-1-2-6-14)21(27)24-19-7-3-4-10-23-19/h3-4,7-10,12,14,18H,1-2,5-6,11,13H2,(H,23,24,27). The minimum Gasteiger partial charge on any atom is -0.309 e. The summed E-state index contributed by atoms with van der Waals surface area (Å²) in [4.78, 5) is 31.8. The molecule has 1 aromatic heterocycles. The number of hydrogen-bond acceptors (Lipinski definition) is 3. The van der Waals surface area contributed by atoms with Gasteiger partial charge >= 0.3 is 0 Å². The fourth-order valence-corrected chi connectivity index (χ4v) is 4.39. The molecular formula is C21H22ClN3O2. The molecule has 2 heterocycles. The fraction of sp³-hybridized carbons (Fsp3) is 0.381. The summed E-state index contributed by atoms with van der Waals surface area (Å²) in [6, 6.07) is 10.3. The number of carbonyl (C=O) groups is 2. The van der Waals surface area contributed by atoms with Crippen LogP contribution in [0.3, 0.4) is 0 Å². The molecule has 0 saturated heterocycles. The van der Waals surface area contributed by atoms with E-state index in [0.29, 0.717) is 23.2 Å². The molecule has 1 N–H and O–H groups in total. The number of anilines is 2. The molecule has 2 aliphatic rings. The lowest BCUT2D eigenvalue weighted by molar-refractivity contribution is -0.123. The molecule has 1 unspecified atom stereocenters. The van der Waals surface area contributed by atoms with Gasteiger partial charge in [0.2, 0.25) is 11.8 Å². The van der Waals surface area contributed by atoms with Gasteiger partial charge in [-0.3, -0.25) is 14.5 Å². The number of amides is 2. The van der Waals surface area contributed by atoms with Crippen LogP contribution in [0.1, 0.15) is 37.7 Å². The minimum absolute atomic E-state index is 0.0496. The number of fused-ring (bicyclic) bond motifs is 1. The van der Waals surface area contributed by atoms with Crippen LogP contribution >= 0.6 is 11.6 Å². The Bertz CT molecular complexity index is 850. The number of carbonyl (C=O) groups excluding carboxylic acids is 2. The first-order chi connectivity index (χ1) is 13.1. The average Bonchev–Trinajstić information content (AvgIpc) is 3.27. The normalized spacial score (nSPS) is 17.8. The highest BCUT2D eigenvalue weighted by atomic mass is 35.5. The quantitative estimate of drug-likeness (QED) is 0.841. The van der Waals surface area contributed by atoms with Crippen LogP contribution in [0.4, 0.5) is 11.5 Å². The van der Waals surface area contributed by atoms with Crippen molar-refractivity contribution in [3.05, 3.63) is 53.2 Å². The molecule has 1 fully saturated rings. The van der Waals surface area contributed by atoms with E-state index in [1.807, 2.05) is 18.2 Å². The molecule has 27 heavy (non-hydrogen) atoms. The molecule has 0 spiro atoms. The van der Waals surface area contributed by atoms with Gasteiger partial charge in [0.05, 0.1) is 6.42 Å². The van der Waals surface area contributed by atoms with Crippen LogP contribution in [0.15, 0.2) is 42.6 Å². The van der Waals surface area contributed by atoms with Crippen molar-refractivity contribution >= 4 is 34.9 Å². The van der Waals surface area contributed by atoms with Gasteiger partial charge in [0.25, 0.3) is 0 Å². The molecule has 2 amide bonds. The van der Waals surface area contributed by atoms with Crippen LogP contribution in [0, 0.1) is 5.92 Å². The lowest BCUT2D eigenvalue weighted by atomic mass is 9.96. The number of nitrogens with zero attached hydrogens (tertiary/aromatic N) is 2. The van der Waals surface area contributed by atoms with Gasteiger partial charge in [0.15, 0.2) is 0 Å². The maximum atomic E-state index is 13.1. The third-order valence-electron chi connectivity index (χ3n) is 5.47. The SMILES string of the molecule is O=C(Nc1ccccn1)C(CC1CCCC1)N1C(=O)Cc2cc(Cl)ccc21. The van der Waals surface area contributed by atoms with Crippen molar-refractivity contribution in [1.29, 1.82) is 0 Å². The Balaban J connectivity index is 1.63. The molecule has 1 aromatic carbocycles. The first-order valence-corrected chi connectivity index (χ1v) is 9.82. The highest BCUT2D eigenvalue weighted by molar-refractivity contribution is 6.31. The Morgan fingerprint density at radius 2 is 2.07 bits per heavy atom. The number of aromatic nitrogens is 1. The average molecular weight is 384 g/mol. The highest BCUT2D eigenvalue weighted by Crippen LogP contribution is 2.37. The summed E-state index contributed by atoms with van der Waals surface area (Å²) in [5.41, 5.74) is 1.68. The van der Waals surface area contributed by atoms with Crippen LogP contribution in [0.2, 0.25) is 5.02 Å². The largest absolute Gasteiger partial charge is 0.309 e. The van der Waals surface area contributed by atoms with Crippen molar-refractivity contribution in [2.45, 2.75) is 44.6 Å². The van der Waals surface area contributed by atoms with E-state index in [4.69, 9.17) is 11.6 Å². The zero-order chi connectivity index (χ0) is 18.8. The zero-order valence-corrected chi connectivity index (χ0v) is 15.8. The van der Waals surface area contributed by atoms with Crippen molar-refractivity contribution in [3.63, 3.8) is 0 Å². The van der Waals surface area contributed by atoms with Crippen LogP contribution < -0.4 is 10.2 Å². The Kier molecular flexibility index (Phi) is 5.12. The Morgan fingerprint density at radius 1 is 1.26 bits per heavy atom. The van der Waals surface area contributed by atoms with Crippen LogP contribution in [0.5, 0.6) is 0 Å². The summed E-state index contributed by atoms with van der Waals surface area (Å²) in [5.74, 6) is 0.735. The molecule has 0 radical (unpaired) electrons. The molecule has 2 aromatic rings. The number of rotatable bonds is 5. The minimum atomic E-state index is -0.537. The second kappa shape index (κ2) is 7.69. The maximum Gasteiger partial charge on any atom is 0.248 e.